The van der Waals surface area contributed by atoms with Crippen molar-refractivity contribution in [1.82, 2.24) is 16.0 Å². The molecular formula is C23H37N7O5S. The average molecular weight is 524 g/mol. The second-order valence-corrected chi connectivity index (χ2v) is 8.98. The summed E-state index contributed by atoms with van der Waals surface area (Å²) < 4.78 is 0. The molecule has 36 heavy (non-hydrogen) atoms. The Morgan fingerprint density at radius 2 is 1.58 bits per heavy atom. The smallest absolute Gasteiger partial charge is 0.327 e. The second-order valence-electron chi connectivity index (χ2n) is 8.62. The van der Waals surface area contributed by atoms with E-state index >= 15 is 0 Å². The van der Waals surface area contributed by atoms with E-state index in [-0.39, 0.29) is 24.1 Å². The Kier molecular flexibility index (Phi) is 13.3. The Labute approximate surface area is 216 Å². The quantitative estimate of drug-likeness (QED) is 0.0599. The molecule has 4 unspecified atom stereocenters. The minimum atomic E-state index is -1.24. The van der Waals surface area contributed by atoms with Gasteiger partial charge in [0.25, 0.3) is 0 Å². The van der Waals surface area contributed by atoms with Crippen LogP contribution in [0.15, 0.2) is 35.3 Å². The Morgan fingerprint density at radius 1 is 0.972 bits per heavy atom. The van der Waals surface area contributed by atoms with Gasteiger partial charge in [-0.2, -0.15) is 12.6 Å². The zero-order valence-electron chi connectivity index (χ0n) is 20.5. The first-order valence-corrected chi connectivity index (χ1v) is 12.2. The van der Waals surface area contributed by atoms with Crippen molar-refractivity contribution in [3.8, 4) is 0 Å². The molecule has 0 bridgehead atoms. The molecule has 0 heterocycles. The van der Waals surface area contributed by atoms with Crippen molar-refractivity contribution in [1.29, 1.82) is 0 Å². The number of carboxylic acids is 1. The minimum Gasteiger partial charge on any atom is -0.480 e. The van der Waals surface area contributed by atoms with E-state index in [1.54, 1.807) is 38.1 Å². The van der Waals surface area contributed by atoms with Gasteiger partial charge in [-0.3, -0.25) is 19.4 Å². The van der Waals surface area contributed by atoms with Gasteiger partial charge in [0.2, 0.25) is 17.7 Å². The van der Waals surface area contributed by atoms with Gasteiger partial charge in [-0.05, 0) is 24.3 Å². The predicted molar refractivity (Wildman–Crippen MR) is 140 cm³/mol. The number of nitrogens with two attached hydrogens (primary N) is 3. The van der Waals surface area contributed by atoms with Gasteiger partial charge in [0, 0.05) is 18.7 Å². The molecule has 0 radical (unpaired) electrons. The van der Waals surface area contributed by atoms with Crippen LogP contribution < -0.4 is 33.2 Å². The van der Waals surface area contributed by atoms with Crippen LogP contribution in [0.3, 0.4) is 0 Å². The van der Waals surface area contributed by atoms with Crippen LogP contribution in [-0.4, -0.2) is 71.2 Å². The molecule has 1 aromatic rings. The first-order chi connectivity index (χ1) is 17.0. The minimum absolute atomic E-state index is 0.0552. The molecule has 4 atom stereocenters. The molecule has 0 fully saturated rings. The number of rotatable bonds is 15. The van der Waals surface area contributed by atoms with Crippen molar-refractivity contribution in [3.63, 3.8) is 0 Å². The maximum atomic E-state index is 13.2. The molecule has 0 aliphatic carbocycles. The first-order valence-electron chi connectivity index (χ1n) is 11.6. The molecule has 0 saturated carbocycles. The lowest BCUT2D eigenvalue weighted by Crippen LogP contribution is -2.59. The zero-order chi connectivity index (χ0) is 27.3. The largest absolute Gasteiger partial charge is 0.480 e. The maximum Gasteiger partial charge on any atom is 0.327 e. The van der Waals surface area contributed by atoms with Crippen LogP contribution in [0, 0.1) is 5.92 Å². The van der Waals surface area contributed by atoms with Gasteiger partial charge in [-0.15, -0.1) is 0 Å². The van der Waals surface area contributed by atoms with E-state index in [1.807, 2.05) is 6.07 Å². The lowest BCUT2D eigenvalue weighted by Gasteiger charge is -2.27. The van der Waals surface area contributed by atoms with E-state index in [2.05, 4.69) is 33.6 Å². The van der Waals surface area contributed by atoms with Crippen molar-refractivity contribution in [3.05, 3.63) is 35.9 Å². The monoisotopic (exact) mass is 523 g/mol. The van der Waals surface area contributed by atoms with Crippen LogP contribution in [0.25, 0.3) is 0 Å². The zero-order valence-corrected chi connectivity index (χ0v) is 21.4. The van der Waals surface area contributed by atoms with Crippen LogP contribution in [0.5, 0.6) is 0 Å². The number of nitrogens with zero attached hydrogens (tertiary/aromatic N) is 1. The highest BCUT2D eigenvalue weighted by Crippen LogP contribution is 2.08. The molecule has 0 aromatic heterocycles. The number of benzene rings is 1. The average Bonchev–Trinajstić information content (AvgIpc) is 2.82. The molecule has 10 N–H and O–H groups in total. The number of aliphatic carboxylic acids is 1. The standard InChI is InChI=1S/C23H37N7O5S/c1-13(2)18(21(33)29-17(12-36)22(34)35)30-20(32)16(11-14-7-4-3-5-8-14)28-19(31)15(24)9-6-10-27-23(25)26/h3-5,7-8,13,15-18,36H,6,9-12,24H2,1-2H3,(H,28,31)(H,29,33)(H,30,32)(H,34,35)(H4,25,26,27). The maximum absolute atomic E-state index is 13.2. The highest BCUT2D eigenvalue weighted by molar-refractivity contribution is 7.80. The molecule has 1 aromatic carbocycles. The number of hydrogen-bond acceptors (Lipinski definition) is 7. The van der Waals surface area contributed by atoms with Crippen LogP contribution in [0.1, 0.15) is 32.3 Å². The van der Waals surface area contributed by atoms with Crippen molar-refractivity contribution in [2.24, 2.45) is 28.1 Å². The number of carbonyl (C=O) groups is 4. The third kappa shape index (κ3) is 11.0. The third-order valence-corrected chi connectivity index (χ3v) is 5.63. The topological polar surface area (TPSA) is 215 Å². The number of thiol groups is 1. The van der Waals surface area contributed by atoms with Gasteiger partial charge < -0.3 is 38.3 Å². The lowest BCUT2D eigenvalue weighted by atomic mass is 10.00. The Morgan fingerprint density at radius 3 is 2.11 bits per heavy atom. The fourth-order valence-electron chi connectivity index (χ4n) is 3.22. The van der Waals surface area contributed by atoms with E-state index in [4.69, 9.17) is 17.2 Å². The summed E-state index contributed by atoms with van der Waals surface area (Å²) >= 11 is 3.94. The molecule has 0 aliphatic rings. The summed E-state index contributed by atoms with van der Waals surface area (Å²) in [7, 11) is 0. The fourth-order valence-corrected chi connectivity index (χ4v) is 3.47. The number of hydrogen-bond donors (Lipinski definition) is 8. The lowest BCUT2D eigenvalue weighted by molar-refractivity contribution is -0.142. The van der Waals surface area contributed by atoms with E-state index in [0.717, 1.165) is 5.56 Å². The summed E-state index contributed by atoms with van der Waals surface area (Å²) in [6, 6.07) is 4.85. The summed E-state index contributed by atoms with van der Waals surface area (Å²) in [5, 5.41) is 16.9. The number of carboxylic acid groups (broad SMARTS) is 1. The molecule has 1 rings (SSSR count). The molecular weight excluding hydrogens is 486 g/mol. The van der Waals surface area contributed by atoms with Gasteiger partial charge in [-0.25, -0.2) is 4.79 Å². The predicted octanol–water partition coefficient (Wildman–Crippen LogP) is -1.27. The Bertz CT molecular complexity index is 909. The van der Waals surface area contributed by atoms with Gasteiger partial charge in [0.1, 0.15) is 18.1 Å². The summed E-state index contributed by atoms with van der Waals surface area (Å²) in [6.45, 7) is 3.72. The number of nitrogens with one attached hydrogen (secondary N) is 3. The van der Waals surface area contributed by atoms with Gasteiger partial charge in [-0.1, -0.05) is 44.2 Å². The van der Waals surface area contributed by atoms with Crippen molar-refractivity contribution in [2.75, 3.05) is 12.3 Å². The summed E-state index contributed by atoms with van der Waals surface area (Å²) in [6.07, 6.45) is 0.910. The molecule has 200 valence electrons. The normalized spacial score (nSPS) is 14.1. The van der Waals surface area contributed by atoms with Crippen molar-refractivity contribution >= 4 is 42.3 Å². The van der Waals surface area contributed by atoms with E-state index in [0.29, 0.717) is 19.4 Å². The number of guanidine groups is 1. The highest BCUT2D eigenvalue weighted by atomic mass is 32.1. The molecule has 12 nitrogen and oxygen atoms in total. The van der Waals surface area contributed by atoms with E-state index < -0.39 is 47.9 Å². The fraction of sp³-hybridized carbons (Fsp3) is 0.522. The van der Waals surface area contributed by atoms with Crippen LogP contribution >= 0.6 is 12.6 Å². The Hall–Kier alpha value is -3.32. The van der Waals surface area contributed by atoms with Crippen molar-refractivity contribution in [2.45, 2.75) is 57.3 Å². The summed E-state index contributed by atoms with van der Waals surface area (Å²) in [4.78, 5) is 53.8. The van der Waals surface area contributed by atoms with Gasteiger partial charge in [0.05, 0.1) is 6.04 Å². The van der Waals surface area contributed by atoms with Gasteiger partial charge >= 0.3 is 5.97 Å². The first kappa shape index (κ1) is 30.7. The Balaban J connectivity index is 2.98. The van der Waals surface area contributed by atoms with E-state index in [9.17, 15) is 24.3 Å². The summed E-state index contributed by atoms with van der Waals surface area (Å²) in [5.41, 5.74) is 17.3. The number of carbonyl (C=O) groups excluding carboxylic acids is 3. The van der Waals surface area contributed by atoms with Gasteiger partial charge in [0.15, 0.2) is 5.96 Å². The molecule has 0 spiro atoms. The molecule has 0 saturated heterocycles. The third-order valence-electron chi connectivity index (χ3n) is 5.26. The van der Waals surface area contributed by atoms with Crippen molar-refractivity contribution < 1.29 is 24.3 Å². The highest BCUT2D eigenvalue weighted by Gasteiger charge is 2.31. The number of amides is 3. The van der Waals surface area contributed by atoms with Crippen LogP contribution in [0.4, 0.5) is 0 Å². The summed E-state index contributed by atoms with van der Waals surface area (Å²) in [5.74, 6) is -3.59. The molecule has 13 heteroatoms. The number of aliphatic imine (C=N–C) groups is 1. The second kappa shape index (κ2) is 15.6. The van der Waals surface area contributed by atoms with Crippen LogP contribution in [0.2, 0.25) is 0 Å². The molecule has 0 aliphatic heterocycles. The molecule has 3 amide bonds. The van der Waals surface area contributed by atoms with Crippen LogP contribution in [-0.2, 0) is 25.6 Å². The van der Waals surface area contributed by atoms with E-state index in [1.165, 1.54) is 0 Å². The SMILES string of the molecule is CC(C)C(NC(=O)C(Cc1ccccc1)NC(=O)C(N)CCCN=C(N)N)C(=O)NC(CS)C(=O)O.